The van der Waals surface area contributed by atoms with Crippen LogP contribution in [0.4, 0.5) is 17.6 Å². The van der Waals surface area contributed by atoms with Gasteiger partial charge in [-0.05, 0) is 36.3 Å². The van der Waals surface area contributed by atoms with Gasteiger partial charge in [0.1, 0.15) is 5.75 Å². The number of sulfonamides is 1. The van der Waals surface area contributed by atoms with Gasteiger partial charge in [0.25, 0.3) is 0 Å². The van der Waals surface area contributed by atoms with Crippen LogP contribution in [0.25, 0.3) is 5.57 Å². The van der Waals surface area contributed by atoms with Gasteiger partial charge in [-0.15, -0.1) is 0 Å². The molecule has 2 aliphatic rings. The number of benzene rings is 2. The summed E-state index contributed by atoms with van der Waals surface area (Å²) in [6.45, 7) is 2.89. The summed E-state index contributed by atoms with van der Waals surface area (Å²) in [6.07, 6.45) is 2.29. The molecule has 3 heterocycles. The number of nitrogens with one attached hydrogen (secondary N) is 1. The summed E-state index contributed by atoms with van der Waals surface area (Å²) in [7, 11) is 2.50. The lowest BCUT2D eigenvalue weighted by Gasteiger charge is -2.28. The van der Waals surface area contributed by atoms with E-state index in [9.17, 15) is 8.42 Å². The van der Waals surface area contributed by atoms with Gasteiger partial charge in [0.2, 0.25) is 27.7 Å². The molecule has 0 spiro atoms. The van der Waals surface area contributed by atoms with Gasteiger partial charge in [-0.25, -0.2) is 8.42 Å². The number of aromatic nitrogens is 3. The van der Waals surface area contributed by atoms with Crippen molar-refractivity contribution in [2.45, 2.75) is 11.3 Å². The standard InChI is InChI=1S/C28H34N6O7S/c1-37-21-5-7-22(8-6-21)42(35,36)34-11-9-19(10-12-34)26-30-27(32-28(31-26)33-13-15-41-16-14-33)29-20-17-23(38-2)25(40-4)24(18-20)39-3/h5-9,17-18H,10-16H2,1-4H3,(H,29,30,31,32). The molecule has 5 rings (SSSR count). The third-order valence-electron chi connectivity index (χ3n) is 6.99. The maximum absolute atomic E-state index is 13.3. The Morgan fingerprint density at radius 1 is 0.857 bits per heavy atom. The first-order valence-electron chi connectivity index (χ1n) is 13.4. The fourth-order valence-electron chi connectivity index (χ4n) is 4.72. The molecule has 1 saturated heterocycles. The highest BCUT2D eigenvalue weighted by molar-refractivity contribution is 7.89. The number of ether oxygens (including phenoxy) is 5. The number of hydrogen-bond acceptors (Lipinski definition) is 12. The van der Waals surface area contributed by atoms with Gasteiger partial charge >= 0.3 is 0 Å². The average molecular weight is 599 g/mol. The lowest BCUT2D eigenvalue weighted by molar-refractivity contribution is 0.122. The van der Waals surface area contributed by atoms with Crippen molar-refractivity contribution in [2.24, 2.45) is 0 Å². The molecule has 0 bridgehead atoms. The highest BCUT2D eigenvalue weighted by atomic mass is 32.2. The van der Waals surface area contributed by atoms with Crippen LogP contribution >= 0.6 is 0 Å². The zero-order valence-electron chi connectivity index (χ0n) is 24.0. The quantitative estimate of drug-likeness (QED) is 0.367. The van der Waals surface area contributed by atoms with E-state index in [-0.39, 0.29) is 18.0 Å². The molecule has 2 aliphatic heterocycles. The average Bonchev–Trinajstić information content (AvgIpc) is 3.04. The molecule has 0 radical (unpaired) electrons. The normalized spacial score (nSPS) is 16.0. The second-order valence-electron chi connectivity index (χ2n) is 9.44. The van der Waals surface area contributed by atoms with E-state index in [2.05, 4.69) is 10.3 Å². The van der Waals surface area contributed by atoms with Crippen LogP contribution in [0.1, 0.15) is 12.2 Å². The number of methoxy groups -OCH3 is 4. The first kappa shape index (κ1) is 29.4. The SMILES string of the molecule is COc1ccc(S(=O)(=O)N2CC=C(c3nc(Nc4cc(OC)c(OC)c(OC)c4)nc(N4CCOCC4)n3)CC2)cc1. The fraction of sp³-hybridized carbons (Fsp3) is 0.393. The predicted octanol–water partition coefficient (Wildman–Crippen LogP) is 2.96. The molecule has 0 saturated carbocycles. The molecule has 1 fully saturated rings. The van der Waals surface area contributed by atoms with E-state index in [1.807, 2.05) is 11.0 Å². The fourth-order valence-corrected chi connectivity index (χ4v) is 6.10. The predicted molar refractivity (Wildman–Crippen MR) is 157 cm³/mol. The number of anilines is 3. The summed E-state index contributed by atoms with van der Waals surface area (Å²) in [5, 5.41) is 3.25. The van der Waals surface area contributed by atoms with Crippen molar-refractivity contribution in [2.75, 3.05) is 78.0 Å². The van der Waals surface area contributed by atoms with Gasteiger partial charge in [0.05, 0.1) is 46.5 Å². The third-order valence-corrected chi connectivity index (χ3v) is 8.87. The topological polar surface area (TPSA) is 137 Å². The summed E-state index contributed by atoms with van der Waals surface area (Å²) in [5.74, 6) is 3.33. The summed E-state index contributed by atoms with van der Waals surface area (Å²) in [5.41, 5.74) is 1.46. The van der Waals surface area contributed by atoms with Crippen LogP contribution in [-0.4, -0.2) is 95.5 Å². The number of morpholine rings is 1. The monoisotopic (exact) mass is 598 g/mol. The van der Waals surface area contributed by atoms with E-state index < -0.39 is 10.0 Å². The Morgan fingerprint density at radius 2 is 1.55 bits per heavy atom. The van der Waals surface area contributed by atoms with Crippen molar-refractivity contribution >= 4 is 33.2 Å². The minimum atomic E-state index is -3.67. The Labute approximate surface area is 245 Å². The van der Waals surface area contributed by atoms with Crippen molar-refractivity contribution < 1.29 is 32.1 Å². The minimum absolute atomic E-state index is 0.192. The summed E-state index contributed by atoms with van der Waals surface area (Å²) in [6, 6.07) is 9.91. The Balaban J connectivity index is 1.44. The molecule has 0 atom stereocenters. The Morgan fingerprint density at radius 3 is 2.12 bits per heavy atom. The van der Waals surface area contributed by atoms with Crippen molar-refractivity contribution in [1.29, 1.82) is 0 Å². The second kappa shape index (κ2) is 12.8. The van der Waals surface area contributed by atoms with Gasteiger partial charge in [-0.3, -0.25) is 0 Å². The zero-order valence-corrected chi connectivity index (χ0v) is 24.8. The lowest BCUT2D eigenvalue weighted by Crippen LogP contribution is -2.38. The van der Waals surface area contributed by atoms with Gasteiger partial charge in [-0.1, -0.05) is 6.08 Å². The van der Waals surface area contributed by atoms with E-state index in [1.54, 1.807) is 57.7 Å². The highest BCUT2D eigenvalue weighted by Crippen LogP contribution is 2.40. The molecule has 224 valence electrons. The number of nitrogens with zero attached hydrogens (tertiary/aromatic N) is 5. The van der Waals surface area contributed by atoms with Crippen LogP contribution in [0.3, 0.4) is 0 Å². The first-order valence-corrected chi connectivity index (χ1v) is 14.8. The van der Waals surface area contributed by atoms with Crippen LogP contribution in [-0.2, 0) is 14.8 Å². The molecule has 0 aliphatic carbocycles. The van der Waals surface area contributed by atoms with Gasteiger partial charge in [-0.2, -0.15) is 19.3 Å². The lowest BCUT2D eigenvalue weighted by atomic mass is 10.1. The molecule has 14 heteroatoms. The van der Waals surface area contributed by atoms with E-state index in [0.29, 0.717) is 79.1 Å². The second-order valence-corrected chi connectivity index (χ2v) is 11.4. The van der Waals surface area contributed by atoms with Crippen molar-refractivity contribution in [1.82, 2.24) is 19.3 Å². The van der Waals surface area contributed by atoms with Crippen LogP contribution < -0.4 is 29.2 Å². The molecule has 42 heavy (non-hydrogen) atoms. The highest BCUT2D eigenvalue weighted by Gasteiger charge is 2.28. The maximum atomic E-state index is 13.3. The number of rotatable bonds is 10. The van der Waals surface area contributed by atoms with Gasteiger partial charge in [0, 0.05) is 44.0 Å². The molecule has 13 nitrogen and oxygen atoms in total. The zero-order chi connectivity index (χ0) is 29.7. The Hall–Kier alpha value is -4.14. The molecule has 1 N–H and O–H groups in total. The minimum Gasteiger partial charge on any atom is -0.497 e. The van der Waals surface area contributed by atoms with Crippen LogP contribution in [0.15, 0.2) is 47.4 Å². The largest absolute Gasteiger partial charge is 0.497 e. The Bertz CT molecular complexity index is 1520. The first-order chi connectivity index (χ1) is 20.4. The van der Waals surface area contributed by atoms with Crippen LogP contribution in [0.5, 0.6) is 23.0 Å². The van der Waals surface area contributed by atoms with Gasteiger partial charge < -0.3 is 33.9 Å². The summed E-state index contributed by atoms with van der Waals surface area (Å²) >= 11 is 0. The summed E-state index contributed by atoms with van der Waals surface area (Å²) in [4.78, 5) is 16.4. The van der Waals surface area contributed by atoms with Crippen LogP contribution in [0.2, 0.25) is 0 Å². The van der Waals surface area contributed by atoms with Crippen molar-refractivity contribution in [3.63, 3.8) is 0 Å². The Kier molecular flexibility index (Phi) is 8.94. The molecular weight excluding hydrogens is 564 g/mol. The molecule has 1 aromatic heterocycles. The molecular formula is C28H34N6O7S. The van der Waals surface area contributed by atoms with Gasteiger partial charge in [0.15, 0.2) is 17.3 Å². The molecule has 0 amide bonds. The maximum Gasteiger partial charge on any atom is 0.243 e. The number of hydrogen-bond donors (Lipinski definition) is 1. The van der Waals surface area contributed by atoms with E-state index in [4.69, 9.17) is 33.7 Å². The van der Waals surface area contributed by atoms with E-state index in [1.165, 1.54) is 11.4 Å². The van der Waals surface area contributed by atoms with Crippen molar-refractivity contribution in [3.8, 4) is 23.0 Å². The molecule has 3 aromatic rings. The smallest absolute Gasteiger partial charge is 0.243 e. The van der Waals surface area contributed by atoms with Crippen LogP contribution in [0, 0.1) is 0 Å². The molecule has 2 aromatic carbocycles. The van der Waals surface area contributed by atoms with Crippen molar-refractivity contribution in [3.05, 3.63) is 48.3 Å². The summed E-state index contributed by atoms with van der Waals surface area (Å²) < 4.78 is 55.0. The van der Waals surface area contributed by atoms with E-state index >= 15 is 0 Å². The van der Waals surface area contributed by atoms with E-state index in [0.717, 1.165) is 5.57 Å². The third kappa shape index (κ3) is 6.20. The molecule has 0 unspecified atom stereocenters.